The predicted molar refractivity (Wildman–Crippen MR) is 55.0 cm³/mol. The maximum absolute atomic E-state index is 9.66. The van der Waals surface area contributed by atoms with E-state index in [1.165, 1.54) is 0 Å². The molecule has 0 aromatic heterocycles. The zero-order valence-corrected chi connectivity index (χ0v) is 9.45. The topological polar surface area (TPSA) is 77.8 Å². The van der Waals surface area contributed by atoms with Crippen molar-refractivity contribution in [3.8, 4) is 0 Å². The van der Waals surface area contributed by atoms with Gasteiger partial charge in [0, 0.05) is 13.0 Å². The third-order valence-electron chi connectivity index (χ3n) is 1.31. The van der Waals surface area contributed by atoms with E-state index >= 15 is 0 Å². The molecule has 0 aliphatic heterocycles. The molecular formula is C10H22O4. The monoisotopic (exact) mass is 206 g/mol. The molecule has 0 saturated carbocycles. The number of aliphatic hydroxyl groups is 3. The number of rotatable bonds is 4. The van der Waals surface area contributed by atoms with Crippen molar-refractivity contribution in [1.29, 1.82) is 0 Å². The summed E-state index contributed by atoms with van der Waals surface area (Å²) in [7, 11) is 0. The van der Waals surface area contributed by atoms with Crippen molar-refractivity contribution in [2.75, 3.05) is 6.61 Å². The van der Waals surface area contributed by atoms with Crippen molar-refractivity contribution in [3.05, 3.63) is 0 Å². The van der Waals surface area contributed by atoms with E-state index in [2.05, 4.69) is 0 Å². The number of aliphatic hydroxyl groups excluding tert-OH is 1. The lowest BCUT2D eigenvalue weighted by atomic mass is 10.1. The van der Waals surface area contributed by atoms with Gasteiger partial charge in [0.2, 0.25) is 0 Å². The van der Waals surface area contributed by atoms with Crippen LogP contribution in [0.4, 0.5) is 0 Å². The van der Waals surface area contributed by atoms with Crippen molar-refractivity contribution in [3.63, 3.8) is 0 Å². The highest BCUT2D eigenvalue weighted by atomic mass is 16.3. The van der Waals surface area contributed by atoms with E-state index in [-0.39, 0.29) is 13.0 Å². The maximum Gasteiger partial charge on any atom is 0.122 e. The Kier molecular flexibility index (Phi) is 7.91. The summed E-state index contributed by atoms with van der Waals surface area (Å²) in [6, 6.07) is 0. The number of hydrogen-bond donors (Lipinski definition) is 3. The van der Waals surface area contributed by atoms with E-state index in [0.717, 1.165) is 0 Å². The molecule has 0 spiro atoms. The van der Waals surface area contributed by atoms with E-state index in [1.807, 2.05) is 0 Å². The van der Waals surface area contributed by atoms with E-state index in [4.69, 9.17) is 15.3 Å². The fourth-order valence-corrected chi connectivity index (χ4v) is 0.478. The Labute approximate surface area is 85.6 Å². The summed E-state index contributed by atoms with van der Waals surface area (Å²) in [5.74, 6) is 0. The number of aldehydes is 1. The standard InChI is InChI=1S/C5H12O2.C5H10O2/c2*1-5(2,7)3-4-6/h6-7H,3-4H2,1-2H3;4,7H,3H2,1-2H3. The molecule has 0 radical (unpaired) electrons. The largest absolute Gasteiger partial charge is 0.396 e. The van der Waals surface area contributed by atoms with Crippen LogP contribution in [0.15, 0.2) is 0 Å². The van der Waals surface area contributed by atoms with Gasteiger partial charge in [-0.2, -0.15) is 0 Å². The zero-order valence-electron chi connectivity index (χ0n) is 9.45. The van der Waals surface area contributed by atoms with E-state index in [1.54, 1.807) is 27.7 Å². The van der Waals surface area contributed by atoms with Gasteiger partial charge in [-0.15, -0.1) is 0 Å². The van der Waals surface area contributed by atoms with Gasteiger partial charge in [-0.1, -0.05) is 0 Å². The van der Waals surface area contributed by atoms with Crippen LogP contribution in [0.1, 0.15) is 40.5 Å². The number of carbonyl (C=O) groups is 1. The molecule has 4 heteroatoms. The summed E-state index contributed by atoms with van der Waals surface area (Å²) < 4.78 is 0. The van der Waals surface area contributed by atoms with Crippen LogP contribution in [-0.4, -0.2) is 39.4 Å². The Morgan fingerprint density at radius 2 is 1.50 bits per heavy atom. The molecule has 14 heavy (non-hydrogen) atoms. The fourth-order valence-electron chi connectivity index (χ4n) is 0.478. The first-order valence-corrected chi connectivity index (χ1v) is 4.61. The van der Waals surface area contributed by atoms with Gasteiger partial charge in [-0.05, 0) is 34.1 Å². The van der Waals surface area contributed by atoms with Crippen LogP contribution in [0.3, 0.4) is 0 Å². The lowest BCUT2D eigenvalue weighted by Crippen LogP contribution is -2.19. The lowest BCUT2D eigenvalue weighted by Gasteiger charge is -2.13. The molecule has 0 unspecified atom stereocenters. The van der Waals surface area contributed by atoms with Crippen molar-refractivity contribution < 1.29 is 20.1 Å². The normalized spacial score (nSPS) is 11.6. The molecular weight excluding hydrogens is 184 g/mol. The molecule has 0 atom stereocenters. The van der Waals surface area contributed by atoms with Crippen molar-refractivity contribution >= 4 is 6.29 Å². The molecule has 0 aliphatic carbocycles. The summed E-state index contributed by atoms with van der Waals surface area (Å²) in [6.45, 7) is 6.60. The van der Waals surface area contributed by atoms with Gasteiger partial charge in [-0.25, -0.2) is 0 Å². The second-order valence-corrected chi connectivity index (χ2v) is 4.47. The first kappa shape index (κ1) is 16.0. The quantitative estimate of drug-likeness (QED) is 0.585. The lowest BCUT2D eigenvalue weighted by molar-refractivity contribution is -0.111. The summed E-state index contributed by atoms with van der Waals surface area (Å²) in [4.78, 5) is 9.66. The van der Waals surface area contributed by atoms with Gasteiger partial charge in [-0.3, -0.25) is 0 Å². The Morgan fingerprint density at radius 1 is 1.07 bits per heavy atom. The predicted octanol–water partition coefficient (Wildman–Crippen LogP) is 0.486. The second kappa shape index (κ2) is 6.92. The average Bonchev–Trinajstić information content (AvgIpc) is 1.81. The van der Waals surface area contributed by atoms with Crippen LogP contribution < -0.4 is 0 Å². The van der Waals surface area contributed by atoms with Gasteiger partial charge >= 0.3 is 0 Å². The van der Waals surface area contributed by atoms with Gasteiger partial charge in [0.1, 0.15) is 6.29 Å². The minimum Gasteiger partial charge on any atom is -0.396 e. The smallest absolute Gasteiger partial charge is 0.122 e. The molecule has 0 saturated heterocycles. The minimum atomic E-state index is -0.818. The minimum absolute atomic E-state index is 0.0590. The molecule has 3 N–H and O–H groups in total. The second-order valence-electron chi connectivity index (χ2n) is 4.47. The van der Waals surface area contributed by atoms with Crippen LogP contribution in [0.5, 0.6) is 0 Å². The first-order valence-electron chi connectivity index (χ1n) is 4.61. The zero-order chi connectivity index (χ0) is 11.8. The Hall–Kier alpha value is -0.450. The average molecular weight is 206 g/mol. The molecule has 0 amide bonds. The first-order chi connectivity index (χ1) is 6.12. The van der Waals surface area contributed by atoms with Gasteiger partial charge in [0.25, 0.3) is 0 Å². The van der Waals surface area contributed by atoms with E-state index in [9.17, 15) is 4.79 Å². The molecule has 0 bridgehead atoms. The number of carbonyl (C=O) groups excluding carboxylic acids is 1. The SMILES string of the molecule is CC(C)(O)CC=O.CC(C)(O)CCO. The Balaban J connectivity index is 0. The maximum atomic E-state index is 9.66. The van der Waals surface area contributed by atoms with Crippen molar-refractivity contribution in [1.82, 2.24) is 0 Å². The molecule has 0 fully saturated rings. The van der Waals surface area contributed by atoms with Crippen molar-refractivity contribution in [2.45, 2.75) is 51.7 Å². The van der Waals surface area contributed by atoms with Crippen LogP contribution in [0.25, 0.3) is 0 Å². The van der Waals surface area contributed by atoms with Crippen LogP contribution in [0, 0.1) is 0 Å². The van der Waals surface area contributed by atoms with Gasteiger partial charge in [0.05, 0.1) is 11.2 Å². The summed E-state index contributed by atoms with van der Waals surface area (Å²) in [5.41, 5.74) is -1.52. The van der Waals surface area contributed by atoms with Crippen LogP contribution >= 0.6 is 0 Å². The molecule has 0 aromatic rings. The molecule has 0 rings (SSSR count). The highest BCUT2D eigenvalue weighted by molar-refractivity contribution is 5.50. The highest BCUT2D eigenvalue weighted by Crippen LogP contribution is 2.04. The van der Waals surface area contributed by atoms with Crippen LogP contribution in [-0.2, 0) is 4.79 Å². The van der Waals surface area contributed by atoms with E-state index in [0.29, 0.717) is 12.7 Å². The molecule has 86 valence electrons. The highest BCUT2D eigenvalue weighted by Gasteiger charge is 2.09. The third kappa shape index (κ3) is 22.6. The summed E-state index contributed by atoms with van der Waals surface area (Å²) in [5, 5.41) is 25.9. The van der Waals surface area contributed by atoms with E-state index < -0.39 is 11.2 Å². The molecule has 0 aromatic carbocycles. The Bertz CT molecular complexity index is 141. The van der Waals surface area contributed by atoms with Gasteiger partial charge in [0.15, 0.2) is 0 Å². The van der Waals surface area contributed by atoms with Gasteiger partial charge < -0.3 is 20.1 Å². The molecule has 0 aliphatic rings. The molecule has 0 heterocycles. The third-order valence-corrected chi connectivity index (χ3v) is 1.31. The number of hydrogen-bond acceptors (Lipinski definition) is 4. The summed E-state index contributed by atoms with van der Waals surface area (Å²) >= 11 is 0. The molecule has 4 nitrogen and oxygen atoms in total. The Morgan fingerprint density at radius 3 is 1.50 bits per heavy atom. The van der Waals surface area contributed by atoms with Crippen molar-refractivity contribution in [2.24, 2.45) is 0 Å². The fraction of sp³-hybridized carbons (Fsp3) is 0.900. The van der Waals surface area contributed by atoms with Crippen LogP contribution in [0.2, 0.25) is 0 Å². The summed E-state index contributed by atoms with van der Waals surface area (Å²) in [6.07, 6.45) is 1.37.